The van der Waals surface area contributed by atoms with Gasteiger partial charge in [-0.15, -0.1) is 11.3 Å². The van der Waals surface area contributed by atoms with Crippen molar-refractivity contribution in [2.45, 2.75) is 6.92 Å². The Morgan fingerprint density at radius 1 is 1.53 bits per heavy atom. The predicted molar refractivity (Wildman–Crippen MR) is 59.8 cm³/mol. The van der Waals surface area contributed by atoms with Crippen molar-refractivity contribution < 1.29 is 14.1 Å². The molecule has 0 spiro atoms. The van der Waals surface area contributed by atoms with E-state index in [0.29, 0.717) is 5.69 Å². The Hall–Kier alpha value is -2.22. The molecular formula is C9H8N4O3S. The van der Waals surface area contributed by atoms with Gasteiger partial charge in [-0.1, -0.05) is 5.16 Å². The summed E-state index contributed by atoms with van der Waals surface area (Å²) in [5.74, 6) is -1.04. The Morgan fingerprint density at radius 3 is 2.82 bits per heavy atom. The van der Waals surface area contributed by atoms with Gasteiger partial charge in [0.25, 0.3) is 11.8 Å². The molecule has 17 heavy (non-hydrogen) atoms. The van der Waals surface area contributed by atoms with Crippen LogP contribution >= 0.6 is 11.3 Å². The van der Waals surface area contributed by atoms with E-state index in [0.717, 1.165) is 11.3 Å². The fraction of sp³-hybridized carbons (Fsp3) is 0.111. The lowest BCUT2D eigenvalue weighted by Gasteiger charge is -1.95. The van der Waals surface area contributed by atoms with E-state index in [1.165, 1.54) is 11.4 Å². The first kappa shape index (κ1) is 11.3. The second-order valence-corrected chi connectivity index (χ2v) is 4.05. The van der Waals surface area contributed by atoms with Crippen molar-refractivity contribution in [1.29, 1.82) is 0 Å². The van der Waals surface area contributed by atoms with Crippen LogP contribution in [0.5, 0.6) is 0 Å². The Morgan fingerprint density at radius 2 is 2.29 bits per heavy atom. The molecule has 0 fully saturated rings. The second-order valence-electron chi connectivity index (χ2n) is 3.19. The van der Waals surface area contributed by atoms with Crippen molar-refractivity contribution in [3.8, 4) is 0 Å². The van der Waals surface area contributed by atoms with Gasteiger partial charge in [0.05, 0.1) is 5.69 Å². The molecule has 2 aromatic rings. The van der Waals surface area contributed by atoms with Crippen LogP contribution in [-0.2, 0) is 0 Å². The monoisotopic (exact) mass is 252 g/mol. The number of nitrogens with two attached hydrogens (primary N) is 1. The number of amides is 2. The van der Waals surface area contributed by atoms with Crippen LogP contribution in [0.1, 0.15) is 26.7 Å². The lowest BCUT2D eigenvalue weighted by Crippen LogP contribution is -2.13. The molecule has 88 valence electrons. The van der Waals surface area contributed by atoms with Crippen molar-refractivity contribution in [3.63, 3.8) is 0 Å². The Kier molecular flexibility index (Phi) is 2.88. The summed E-state index contributed by atoms with van der Waals surface area (Å²) in [6.45, 7) is 1.70. The van der Waals surface area contributed by atoms with Gasteiger partial charge in [0.2, 0.25) is 5.76 Å². The summed E-state index contributed by atoms with van der Waals surface area (Å²) in [4.78, 5) is 26.2. The molecule has 2 heterocycles. The standard InChI is InChI=1S/C9H8N4O3S/c1-4-2-6(16-13-4)8(15)12-9-11-5(3-17-9)7(10)14/h2-3H,1H3,(H2,10,14)(H,11,12,15). The highest BCUT2D eigenvalue weighted by molar-refractivity contribution is 7.14. The molecule has 7 nitrogen and oxygen atoms in total. The molecule has 2 amide bonds. The number of hydrogen-bond donors (Lipinski definition) is 2. The molecule has 0 aliphatic rings. The third-order valence-electron chi connectivity index (χ3n) is 1.83. The number of nitrogens with zero attached hydrogens (tertiary/aromatic N) is 2. The third-order valence-corrected chi connectivity index (χ3v) is 2.59. The summed E-state index contributed by atoms with van der Waals surface area (Å²) in [5.41, 5.74) is 5.75. The largest absolute Gasteiger partial charge is 0.364 e. The van der Waals surface area contributed by atoms with E-state index < -0.39 is 11.8 Å². The van der Waals surface area contributed by atoms with Gasteiger partial charge in [0.15, 0.2) is 5.13 Å². The first-order valence-corrected chi connectivity index (χ1v) is 5.44. The zero-order valence-electron chi connectivity index (χ0n) is 8.76. The van der Waals surface area contributed by atoms with Crippen LogP contribution in [0.15, 0.2) is 16.0 Å². The smallest absolute Gasteiger partial charge is 0.296 e. The summed E-state index contributed by atoms with van der Waals surface area (Å²) in [6, 6.07) is 1.50. The third kappa shape index (κ3) is 2.48. The number of hydrogen-bond acceptors (Lipinski definition) is 6. The zero-order chi connectivity index (χ0) is 12.4. The van der Waals surface area contributed by atoms with Gasteiger partial charge in [-0.2, -0.15) is 0 Å². The van der Waals surface area contributed by atoms with E-state index in [2.05, 4.69) is 15.5 Å². The SMILES string of the molecule is Cc1cc(C(=O)Nc2nc(C(N)=O)cs2)on1. The maximum absolute atomic E-state index is 11.6. The molecule has 0 atom stereocenters. The van der Waals surface area contributed by atoms with Gasteiger partial charge in [0, 0.05) is 11.4 Å². The summed E-state index contributed by atoms with van der Waals surface area (Å²) < 4.78 is 4.78. The normalized spacial score (nSPS) is 10.2. The van der Waals surface area contributed by atoms with Crippen molar-refractivity contribution in [2.75, 3.05) is 5.32 Å². The maximum atomic E-state index is 11.6. The summed E-state index contributed by atoms with van der Waals surface area (Å²) in [7, 11) is 0. The first-order chi connectivity index (χ1) is 8.06. The number of aromatic nitrogens is 2. The number of rotatable bonds is 3. The highest BCUT2D eigenvalue weighted by Gasteiger charge is 2.14. The van der Waals surface area contributed by atoms with Gasteiger partial charge >= 0.3 is 0 Å². The molecule has 0 bridgehead atoms. The number of nitrogens with one attached hydrogen (secondary N) is 1. The Balaban J connectivity index is 2.10. The molecule has 0 aliphatic heterocycles. The molecular weight excluding hydrogens is 244 g/mol. The van der Waals surface area contributed by atoms with Gasteiger partial charge in [-0.25, -0.2) is 4.98 Å². The quantitative estimate of drug-likeness (QED) is 0.838. The molecule has 0 aromatic carbocycles. The average molecular weight is 252 g/mol. The molecule has 0 saturated heterocycles. The minimum Gasteiger partial charge on any atom is -0.364 e. The van der Waals surface area contributed by atoms with Gasteiger partial charge < -0.3 is 10.3 Å². The van der Waals surface area contributed by atoms with Crippen molar-refractivity contribution in [3.05, 3.63) is 28.6 Å². The molecule has 0 radical (unpaired) electrons. The van der Waals surface area contributed by atoms with Crippen molar-refractivity contribution >= 4 is 28.3 Å². The molecule has 0 aliphatic carbocycles. The molecule has 0 saturated carbocycles. The molecule has 0 unspecified atom stereocenters. The summed E-state index contributed by atoms with van der Waals surface area (Å²) >= 11 is 1.10. The summed E-state index contributed by atoms with van der Waals surface area (Å²) in [6.07, 6.45) is 0. The maximum Gasteiger partial charge on any atom is 0.296 e. The molecule has 8 heteroatoms. The number of primary amides is 1. The number of thiazole rings is 1. The van der Waals surface area contributed by atoms with E-state index in [-0.39, 0.29) is 16.6 Å². The number of anilines is 1. The predicted octanol–water partition coefficient (Wildman–Crippen LogP) is 0.791. The van der Waals surface area contributed by atoms with E-state index in [9.17, 15) is 9.59 Å². The van der Waals surface area contributed by atoms with Gasteiger partial charge in [0.1, 0.15) is 5.69 Å². The van der Waals surface area contributed by atoms with Crippen molar-refractivity contribution in [2.24, 2.45) is 5.73 Å². The van der Waals surface area contributed by atoms with Crippen LogP contribution in [0, 0.1) is 6.92 Å². The highest BCUT2D eigenvalue weighted by Crippen LogP contribution is 2.16. The van der Waals surface area contributed by atoms with E-state index in [1.807, 2.05) is 0 Å². The summed E-state index contributed by atoms with van der Waals surface area (Å²) in [5, 5.41) is 7.80. The van der Waals surface area contributed by atoms with Crippen LogP contribution in [0.2, 0.25) is 0 Å². The Bertz CT molecular complexity index is 574. The van der Waals surface area contributed by atoms with Crippen LogP contribution in [0.3, 0.4) is 0 Å². The molecule has 3 N–H and O–H groups in total. The minimum atomic E-state index is -0.641. The number of aryl methyl sites for hydroxylation is 1. The molecule has 2 aromatic heterocycles. The first-order valence-electron chi connectivity index (χ1n) is 4.56. The Labute approximate surface area is 99.6 Å². The van der Waals surface area contributed by atoms with Crippen LogP contribution < -0.4 is 11.1 Å². The van der Waals surface area contributed by atoms with E-state index >= 15 is 0 Å². The lowest BCUT2D eigenvalue weighted by atomic mass is 10.4. The van der Waals surface area contributed by atoms with Gasteiger partial charge in [-0.05, 0) is 6.92 Å². The van der Waals surface area contributed by atoms with Crippen LogP contribution in [0.25, 0.3) is 0 Å². The van der Waals surface area contributed by atoms with Crippen LogP contribution in [-0.4, -0.2) is 22.0 Å². The fourth-order valence-corrected chi connectivity index (χ4v) is 1.77. The minimum absolute atomic E-state index is 0.0818. The highest BCUT2D eigenvalue weighted by atomic mass is 32.1. The zero-order valence-corrected chi connectivity index (χ0v) is 9.58. The van der Waals surface area contributed by atoms with Crippen LogP contribution in [0.4, 0.5) is 5.13 Å². The topological polar surface area (TPSA) is 111 Å². The van der Waals surface area contributed by atoms with Crippen molar-refractivity contribution in [1.82, 2.24) is 10.1 Å². The lowest BCUT2D eigenvalue weighted by molar-refractivity contribution is 0.0980. The van der Waals surface area contributed by atoms with E-state index in [1.54, 1.807) is 6.92 Å². The number of carbonyl (C=O) groups is 2. The van der Waals surface area contributed by atoms with Gasteiger partial charge in [-0.3, -0.25) is 14.9 Å². The average Bonchev–Trinajstić information content (AvgIpc) is 2.86. The molecule has 2 rings (SSSR count). The number of carbonyl (C=O) groups excluding carboxylic acids is 2. The fourth-order valence-electron chi connectivity index (χ4n) is 1.07. The van der Waals surface area contributed by atoms with E-state index in [4.69, 9.17) is 10.3 Å². The second kappa shape index (κ2) is 4.34.